The Morgan fingerprint density at radius 2 is 2.03 bits per heavy atom. The van der Waals surface area contributed by atoms with Gasteiger partial charge in [0.05, 0.1) is 34.2 Å². The van der Waals surface area contributed by atoms with Crippen LogP contribution in [0.15, 0.2) is 36.5 Å². The lowest BCUT2D eigenvalue weighted by molar-refractivity contribution is -0.144. The molecular formula is C27H36N6O4S. The van der Waals surface area contributed by atoms with Crippen molar-refractivity contribution in [3.63, 3.8) is 0 Å². The molecule has 0 aliphatic carbocycles. The molecule has 3 aromatic rings. The summed E-state index contributed by atoms with van der Waals surface area (Å²) >= 11 is 1.81. The van der Waals surface area contributed by atoms with Gasteiger partial charge in [-0.3, -0.25) is 14.4 Å². The SMILES string of the molecule is CC(CN(C)C)c1nc2ccccc2s1.COc1ncc(NC(=O)C(=O)N2CCCC(C)C2)cc1C(N)=O. The molecular weight excluding hydrogens is 504 g/mol. The molecule has 1 fully saturated rings. The maximum Gasteiger partial charge on any atom is 0.313 e. The molecule has 1 saturated heterocycles. The number of anilines is 1. The first-order valence-corrected chi connectivity index (χ1v) is 13.3. The van der Waals surface area contributed by atoms with Crippen molar-refractivity contribution in [1.82, 2.24) is 19.8 Å². The van der Waals surface area contributed by atoms with E-state index >= 15 is 0 Å². The molecule has 4 rings (SSSR count). The van der Waals surface area contributed by atoms with E-state index in [0.717, 1.165) is 24.9 Å². The Balaban J connectivity index is 0.000000230. The number of fused-ring (bicyclic) bond motifs is 1. The van der Waals surface area contributed by atoms with E-state index in [-0.39, 0.29) is 17.1 Å². The smallest absolute Gasteiger partial charge is 0.313 e. The first-order valence-electron chi connectivity index (χ1n) is 12.5. The number of thiazole rings is 1. The van der Waals surface area contributed by atoms with Gasteiger partial charge in [0.1, 0.15) is 5.56 Å². The van der Waals surface area contributed by atoms with Crippen LogP contribution in [-0.2, 0) is 9.59 Å². The van der Waals surface area contributed by atoms with Gasteiger partial charge >= 0.3 is 11.8 Å². The number of methoxy groups -OCH3 is 1. The number of benzene rings is 1. The van der Waals surface area contributed by atoms with Crippen molar-refractivity contribution in [3.8, 4) is 5.88 Å². The number of nitrogens with two attached hydrogens (primary N) is 1. The zero-order valence-electron chi connectivity index (χ0n) is 22.6. The van der Waals surface area contributed by atoms with E-state index in [9.17, 15) is 14.4 Å². The third-order valence-electron chi connectivity index (χ3n) is 6.08. The molecule has 3 N–H and O–H groups in total. The van der Waals surface area contributed by atoms with Crippen LogP contribution in [0.25, 0.3) is 10.2 Å². The van der Waals surface area contributed by atoms with Crippen LogP contribution in [0.1, 0.15) is 48.0 Å². The van der Waals surface area contributed by atoms with Crippen molar-refractivity contribution in [2.24, 2.45) is 11.7 Å². The van der Waals surface area contributed by atoms with Gasteiger partial charge in [-0.05, 0) is 51.1 Å². The van der Waals surface area contributed by atoms with Crippen molar-refractivity contribution in [3.05, 3.63) is 47.1 Å². The molecule has 10 nitrogen and oxygen atoms in total. The number of amides is 3. The minimum Gasteiger partial charge on any atom is -0.480 e. The average Bonchev–Trinajstić information content (AvgIpc) is 3.33. The number of nitrogens with zero attached hydrogens (tertiary/aromatic N) is 4. The zero-order chi connectivity index (χ0) is 27.8. The third kappa shape index (κ3) is 7.72. The Kier molecular flexibility index (Phi) is 10.1. The normalized spacial score (nSPS) is 15.9. The Labute approximate surface area is 227 Å². The number of piperidine rings is 1. The van der Waals surface area contributed by atoms with Crippen LogP contribution in [0.2, 0.25) is 0 Å². The van der Waals surface area contributed by atoms with E-state index in [2.05, 4.69) is 59.4 Å². The lowest BCUT2D eigenvalue weighted by Crippen LogP contribution is -2.44. The summed E-state index contributed by atoms with van der Waals surface area (Å²) in [6.07, 6.45) is 3.24. The summed E-state index contributed by atoms with van der Waals surface area (Å²) in [5.74, 6) is -1.13. The molecule has 38 heavy (non-hydrogen) atoms. The molecule has 2 aromatic heterocycles. The predicted octanol–water partition coefficient (Wildman–Crippen LogP) is 3.35. The fourth-order valence-corrected chi connectivity index (χ4v) is 5.30. The van der Waals surface area contributed by atoms with Gasteiger partial charge in [0.2, 0.25) is 5.88 Å². The van der Waals surface area contributed by atoms with Gasteiger partial charge in [0.15, 0.2) is 0 Å². The maximum atomic E-state index is 12.2. The summed E-state index contributed by atoms with van der Waals surface area (Å²) in [5.41, 5.74) is 6.61. The van der Waals surface area contributed by atoms with Crippen LogP contribution in [-0.4, -0.2) is 78.3 Å². The average molecular weight is 541 g/mol. The maximum absolute atomic E-state index is 12.2. The van der Waals surface area contributed by atoms with Gasteiger partial charge in [-0.1, -0.05) is 26.0 Å². The number of carbonyl (C=O) groups is 3. The number of primary amides is 1. The van der Waals surface area contributed by atoms with E-state index in [1.807, 2.05) is 24.3 Å². The molecule has 204 valence electrons. The minimum absolute atomic E-state index is 0.0318. The first-order chi connectivity index (χ1) is 18.1. The monoisotopic (exact) mass is 540 g/mol. The van der Waals surface area contributed by atoms with Gasteiger partial charge in [-0.25, -0.2) is 9.97 Å². The van der Waals surface area contributed by atoms with Crippen molar-refractivity contribution in [2.75, 3.05) is 46.2 Å². The second-order valence-corrected chi connectivity index (χ2v) is 10.8. The second kappa shape index (κ2) is 13.3. The van der Waals surface area contributed by atoms with E-state index in [4.69, 9.17) is 10.5 Å². The molecule has 0 bridgehead atoms. The number of likely N-dealkylation sites (N-methyl/N-ethyl adjacent to an activating group) is 1. The molecule has 0 saturated carbocycles. The molecule has 1 aliphatic heterocycles. The Bertz CT molecular complexity index is 1240. The number of aromatic nitrogens is 2. The van der Waals surface area contributed by atoms with Crippen molar-refractivity contribution < 1.29 is 19.1 Å². The van der Waals surface area contributed by atoms with Crippen molar-refractivity contribution in [2.45, 2.75) is 32.6 Å². The Morgan fingerprint density at radius 3 is 2.66 bits per heavy atom. The van der Waals surface area contributed by atoms with Gasteiger partial charge in [-0.15, -0.1) is 11.3 Å². The van der Waals surface area contributed by atoms with Gasteiger partial charge < -0.3 is 25.6 Å². The first kappa shape index (κ1) is 29.0. The fraction of sp³-hybridized carbons (Fsp3) is 0.444. The van der Waals surface area contributed by atoms with Crippen LogP contribution in [0.4, 0.5) is 5.69 Å². The highest BCUT2D eigenvalue weighted by molar-refractivity contribution is 7.18. The highest BCUT2D eigenvalue weighted by Crippen LogP contribution is 2.27. The van der Waals surface area contributed by atoms with Crippen LogP contribution >= 0.6 is 11.3 Å². The van der Waals surface area contributed by atoms with Gasteiger partial charge in [0, 0.05) is 25.6 Å². The molecule has 3 amide bonds. The number of carbonyl (C=O) groups excluding carboxylic acids is 3. The lowest BCUT2D eigenvalue weighted by atomic mass is 10.0. The largest absolute Gasteiger partial charge is 0.480 e. The van der Waals surface area contributed by atoms with Crippen LogP contribution in [0, 0.1) is 5.92 Å². The van der Waals surface area contributed by atoms with Gasteiger partial charge in [0.25, 0.3) is 5.91 Å². The third-order valence-corrected chi connectivity index (χ3v) is 7.35. The van der Waals surface area contributed by atoms with E-state index in [0.29, 0.717) is 24.9 Å². The summed E-state index contributed by atoms with van der Waals surface area (Å²) in [5, 5.41) is 3.69. The minimum atomic E-state index is -0.763. The Morgan fingerprint density at radius 1 is 1.29 bits per heavy atom. The molecule has 3 heterocycles. The summed E-state index contributed by atoms with van der Waals surface area (Å²) < 4.78 is 6.21. The van der Waals surface area contributed by atoms with E-state index in [1.165, 1.54) is 34.0 Å². The molecule has 0 spiro atoms. The zero-order valence-corrected chi connectivity index (χ0v) is 23.4. The number of hydrogen-bond donors (Lipinski definition) is 2. The van der Waals surface area contributed by atoms with E-state index < -0.39 is 17.7 Å². The van der Waals surface area contributed by atoms with Crippen LogP contribution < -0.4 is 15.8 Å². The number of pyridine rings is 1. The summed E-state index contributed by atoms with van der Waals surface area (Å²) in [6, 6.07) is 9.66. The highest BCUT2D eigenvalue weighted by Gasteiger charge is 2.26. The standard InChI is InChI=1S/C15H20N4O4.C12H16N2S/c1-9-4-3-5-19(8-9)15(22)13(21)18-10-6-11(12(16)20)14(23-2)17-7-10;1-9(8-14(2)3)12-13-10-6-4-5-7-11(10)15-12/h6-7,9H,3-5,8H2,1-2H3,(H2,16,20)(H,18,21);4-7,9H,8H2,1-3H3. The fourth-order valence-electron chi connectivity index (χ4n) is 4.29. The highest BCUT2D eigenvalue weighted by atomic mass is 32.1. The van der Waals surface area contributed by atoms with Crippen molar-refractivity contribution >= 4 is 45.0 Å². The van der Waals surface area contributed by atoms with Crippen molar-refractivity contribution in [1.29, 1.82) is 0 Å². The molecule has 1 aromatic carbocycles. The van der Waals surface area contributed by atoms with Crippen LogP contribution in [0.5, 0.6) is 5.88 Å². The molecule has 2 unspecified atom stereocenters. The predicted molar refractivity (Wildman–Crippen MR) is 150 cm³/mol. The second-order valence-electron chi connectivity index (χ2n) is 9.78. The summed E-state index contributed by atoms with van der Waals surface area (Å²) in [6.45, 7) is 6.48. The molecule has 1 aliphatic rings. The Hall–Kier alpha value is -3.57. The summed E-state index contributed by atoms with van der Waals surface area (Å²) in [4.78, 5) is 47.9. The number of ether oxygens (including phenoxy) is 1. The van der Waals surface area contributed by atoms with E-state index in [1.54, 1.807) is 0 Å². The lowest BCUT2D eigenvalue weighted by Gasteiger charge is -2.30. The molecule has 11 heteroatoms. The topological polar surface area (TPSA) is 131 Å². The number of nitrogens with one attached hydrogen (secondary N) is 1. The van der Waals surface area contributed by atoms with Gasteiger partial charge in [-0.2, -0.15) is 0 Å². The number of para-hydroxylation sites is 1. The quantitative estimate of drug-likeness (QED) is 0.459. The molecule has 2 atom stereocenters. The summed E-state index contributed by atoms with van der Waals surface area (Å²) in [7, 11) is 5.56. The molecule has 0 radical (unpaired) electrons. The number of rotatable bonds is 6. The number of likely N-dealkylation sites (tertiary alicyclic amines) is 1. The van der Waals surface area contributed by atoms with Crippen LogP contribution in [0.3, 0.4) is 0 Å². The number of hydrogen-bond acceptors (Lipinski definition) is 8.